The fraction of sp³-hybridized carbons (Fsp3) is 0.462. The molecular weight excluding hydrogens is 238 g/mol. The van der Waals surface area contributed by atoms with Gasteiger partial charge in [-0.25, -0.2) is 0 Å². The van der Waals surface area contributed by atoms with Gasteiger partial charge in [0.05, 0.1) is 0 Å². The highest BCUT2D eigenvalue weighted by atomic mass is 35.5. The number of carbonyl (C=O) groups is 1. The van der Waals surface area contributed by atoms with Gasteiger partial charge in [-0.05, 0) is 31.5 Å². The van der Waals surface area contributed by atoms with Crippen LogP contribution in [0.25, 0.3) is 0 Å². The summed E-state index contributed by atoms with van der Waals surface area (Å²) < 4.78 is 5.49. The lowest BCUT2D eigenvalue weighted by Crippen LogP contribution is -2.36. The third kappa shape index (κ3) is 5.09. The molecule has 1 aromatic carbocycles. The SMILES string of the molecule is CCCCNC(=O)[C@H](C)Oc1cccc(Cl)c1. The molecule has 4 heteroatoms. The summed E-state index contributed by atoms with van der Waals surface area (Å²) in [6.07, 6.45) is 1.53. The number of amides is 1. The highest BCUT2D eigenvalue weighted by molar-refractivity contribution is 6.30. The lowest BCUT2D eigenvalue weighted by molar-refractivity contribution is -0.127. The van der Waals surface area contributed by atoms with Gasteiger partial charge in [0.1, 0.15) is 5.75 Å². The molecule has 1 amide bonds. The van der Waals surface area contributed by atoms with Gasteiger partial charge in [0, 0.05) is 11.6 Å². The monoisotopic (exact) mass is 255 g/mol. The van der Waals surface area contributed by atoms with E-state index in [0.717, 1.165) is 12.8 Å². The molecule has 0 heterocycles. The molecule has 0 aliphatic carbocycles. The van der Waals surface area contributed by atoms with Crippen molar-refractivity contribution in [1.82, 2.24) is 5.32 Å². The predicted octanol–water partition coefficient (Wildman–Crippen LogP) is 3.02. The van der Waals surface area contributed by atoms with Crippen molar-refractivity contribution < 1.29 is 9.53 Å². The molecule has 0 aromatic heterocycles. The second-order valence-electron chi connectivity index (χ2n) is 3.86. The molecule has 1 atom stereocenters. The topological polar surface area (TPSA) is 38.3 Å². The first-order valence-corrected chi connectivity index (χ1v) is 6.21. The van der Waals surface area contributed by atoms with Crippen LogP contribution in [0.4, 0.5) is 0 Å². The second-order valence-corrected chi connectivity index (χ2v) is 4.30. The van der Waals surface area contributed by atoms with Gasteiger partial charge in [-0.2, -0.15) is 0 Å². The molecule has 0 bridgehead atoms. The number of halogens is 1. The van der Waals surface area contributed by atoms with E-state index in [1.165, 1.54) is 0 Å². The largest absolute Gasteiger partial charge is 0.481 e. The number of nitrogens with one attached hydrogen (secondary N) is 1. The highest BCUT2D eigenvalue weighted by Crippen LogP contribution is 2.18. The molecular formula is C13H18ClNO2. The van der Waals surface area contributed by atoms with Crippen LogP contribution >= 0.6 is 11.6 Å². The summed E-state index contributed by atoms with van der Waals surface area (Å²) in [5, 5.41) is 3.42. The predicted molar refractivity (Wildman–Crippen MR) is 69.5 cm³/mol. The lowest BCUT2D eigenvalue weighted by atomic mass is 10.3. The Morgan fingerprint density at radius 3 is 2.94 bits per heavy atom. The van der Waals surface area contributed by atoms with Crippen molar-refractivity contribution in [3.05, 3.63) is 29.3 Å². The maximum absolute atomic E-state index is 11.6. The minimum Gasteiger partial charge on any atom is -0.481 e. The van der Waals surface area contributed by atoms with Crippen molar-refractivity contribution >= 4 is 17.5 Å². The van der Waals surface area contributed by atoms with Crippen LogP contribution < -0.4 is 10.1 Å². The van der Waals surface area contributed by atoms with Crippen LogP contribution in [0.15, 0.2) is 24.3 Å². The average molecular weight is 256 g/mol. The first-order chi connectivity index (χ1) is 8.13. The zero-order chi connectivity index (χ0) is 12.7. The molecule has 1 N–H and O–H groups in total. The first kappa shape index (κ1) is 13.8. The van der Waals surface area contributed by atoms with Gasteiger partial charge in [-0.3, -0.25) is 4.79 Å². The molecule has 0 aliphatic rings. The Kier molecular flexibility index (Phi) is 5.84. The molecule has 1 rings (SSSR count). The summed E-state index contributed by atoms with van der Waals surface area (Å²) in [5.74, 6) is 0.508. The van der Waals surface area contributed by atoms with Gasteiger partial charge >= 0.3 is 0 Å². The fourth-order valence-corrected chi connectivity index (χ4v) is 1.51. The molecule has 0 aliphatic heterocycles. The first-order valence-electron chi connectivity index (χ1n) is 5.83. The van der Waals surface area contributed by atoms with Crippen LogP contribution in [-0.4, -0.2) is 18.6 Å². The van der Waals surface area contributed by atoms with Crippen LogP contribution in [-0.2, 0) is 4.79 Å². The normalized spacial score (nSPS) is 11.9. The molecule has 17 heavy (non-hydrogen) atoms. The van der Waals surface area contributed by atoms with Crippen LogP contribution in [0.2, 0.25) is 5.02 Å². The molecule has 0 saturated carbocycles. The minimum absolute atomic E-state index is 0.0987. The fourth-order valence-electron chi connectivity index (χ4n) is 1.33. The summed E-state index contributed by atoms with van der Waals surface area (Å²) in [7, 11) is 0. The Bertz CT molecular complexity index is 368. The Morgan fingerprint density at radius 1 is 1.53 bits per heavy atom. The van der Waals surface area contributed by atoms with Gasteiger partial charge in [-0.15, -0.1) is 0 Å². The number of ether oxygens (including phenoxy) is 1. The van der Waals surface area contributed by atoms with Crippen molar-refractivity contribution in [3.63, 3.8) is 0 Å². The zero-order valence-electron chi connectivity index (χ0n) is 10.2. The van der Waals surface area contributed by atoms with Gasteiger partial charge in [0.15, 0.2) is 6.10 Å². The van der Waals surface area contributed by atoms with Crippen molar-refractivity contribution in [1.29, 1.82) is 0 Å². The van der Waals surface area contributed by atoms with Crippen molar-refractivity contribution in [2.45, 2.75) is 32.8 Å². The molecule has 0 radical (unpaired) electrons. The average Bonchev–Trinajstić information content (AvgIpc) is 2.29. The number of rotatable bonds is 6. The molecule has 94 valence electrons. The summed E-state index contributed by atoms with van der Waals surface area (Å²) in [6.45, 7) is 4.50. The van der Waals surface area contributed by atoms with Crippen molar-refractivity contribution in [3.8, 4) is 5.75 Å². The van der Waals surface area contributed by atoms with Crippen LogP contribution in [0.1, 0.15) is 26.7 Å². The van der Waals surface area contributed by atoms with Crippen molar-refractivity contribution in [2.24, 2.45) is 0 Å². The molecule has 3 nitrogen and oxygen atoms in total. The van der Waals surface area contributed by atoms with Crippen LogP contribution in [0.5, 0.6) is 5.75 Å². The van der Waals surface area contributed by atoms with E-state index < -0.39 is 6.10 Å². The van der Waals surface area contributed by atoms with E-state index in [9.17, 15) is 4.79 Å². The van der Waals surface area contributed by atoms with E-state index >= 15 is 0 Å². The summed E-state index contributed by atoms with van der Waals surface area (Å²) in [5.41, 5.74) is 0. The second kappa shape index (κ2) is 7.17. The molecule has 0 unspecified atom stereocenters. The molecule has 0 spiro atoms. The Labute approximate surface area is 107 Å². The van der Waals surface area contributed by atoms with Crippen LogP contribution in [0, 0.1) is 0 Å². The number of hydrogen-bond donors (Lipinski definition) is 1. The molecule has 0 fully saturated rings. The number of carbonyl (C=O) groups excluding carboxylic acids is 1. The quantitative estimate of drug-likeness (QED) is 0.794. The summed E-state index contributed by atoms with van der Waals surface area (Å²) >= 11 is 5.83. The third-order valence-electron chi connectivity index (χ3n) is 2.31. The summed E-state index contributed by atoms with van der Waals surface area (Å²) in [4.78, 5) is 11.6. The van der Waals surface area contributed by atoms with E-state index in [1.807, 2.05) is 0 Å². The number of unbranched alkanes of at least 4 members (excludes halogenated alkanes) is 1. The molecule has 1 aromatic rings. The highest BCUT2D eigenvalue weighted by Gasteiger charge is 2.13. The lowest BCUT2D eigenvalue weighted by Gasteiger charge is -2.14. The number of benzene rings is 1. The van der Waals surface area contributed by atoms with Gasteiger partial charge in [0.25, 0.3) is 5.91 Å². The van der Waals surface area contributed by atoms with Gasteiger partial charge in [0.2, 0.25) is 0 Å². The van der Waals surface area contributed by atoms with E-state index in [1.54, 1.807) is 31.2 Å². The van der Waals surface area contributed by atoms with E-state index in [4.69, 9.17) is 16.3 Å². The Hall–Kier alpha value is -1.22. The number of hydrogen-bond acceptors (Lipinski definition) is 2. The van der Waals surface area contributed by atoms with E-state index in [0.29, 0.717) is 17.3 Å². The van der Waals surface area contributed by atoms with E-state index in [2.05, 4.69) is 12.2 Å². The maximum Gasteiger partial charge on any atom is 0.260 e. The van der Waals surface area contributed by atoms with Gasteiger partial charge in [-0.1, -0.05) is 31.0 Å². The summed E-state index contributed by atoms with van der Waals surface area (Å²) in [6, 6.07) is 7.03. The third-order valence-corrected chi connectivity index (χ3v) is 2.54. The van der Waals surface area contributed by atoms with Gasteiger partial charge < -0.3 is 10.1 Å². The maximum atomic E-state index is 11.6. The minimum atomic E-state index is -0.509. The standard InChI is InChI=1S/C13H18ClNO2/c1-3-4-8-15-13(16)10(2)17-12-7-5-6-11(14)9-12/h5-7,9-10H,3-4,8H2,1-2H3,(H,15,16)/t10-/m0/s1. The molecule has 0 saturated heterocycles. The smallest absolute Gasteiger partial charge is 0.260 e. The van der Waals surface area contributed by atoms with Crippen molar-refractivity contribution in [2.75, 3.05) is 6.54 Å². The van der Waals surface area contributed by atoms with Crippen LogP contribution in [0.3, 0.4) is 0 Å². The Balaban J connectivity index is 2.43. The van der Waals surface area contributed by atoms with E-state index in [-0.39, 0.29) is 5.91 Å². The Morgan fingerprint density at radius 2 is 2.29 bits per heavy atom. The zero-order valence-corrected chi connectivity index (χ0v) is 11.0.